The minimum atomic E-state index is -0.410. The molecule has 2 aromatic rings. The molecule has 0 radical (unpaired) electrons. The molecule has 140 valence electrons. The number of halogens is 2. The molecule has 5 nitrogen and oxygen atoms in total. The fourth-order valence-electron chi connectivity index (χ4n) is 3.30. The fraction of sp³-hybridized carbons (Fsp3) is 0.368. The Morgan fingerprint density at radius 2 is 1.88 bits per heavy atom. The Kier molecular flexibility index (Phi) is 6.87. The summed E-state index contributed by atoms with van der Waals surface area (Å²) in [6, 6.07) is 12.6. The normalized spacial score (nSPS) is 19.2. The lowest BCUT2D eigenvalue weighted by Gasteiger charge is -2.27. The zero-order valence-corrected chi connectivity index (χ0v) is 16.3. The smallest absolute Gasteiger partial charge is 0.269 e. The van der Waals surface area contributed by atoms with Crippen molar-refractivity contribution in [2.24, 2.45) is 0 Å². The Hall–Kier alpha value is -1.82. The predicted molar refractivity (Wildman–Crippen MR) is 106 cm³/mol. The summed E-state index contributed by atoms with van der Waals surface area (Å²) in [6.07, 6.45) is 2.75. The van der Waals surface area contributed by atoms with Crippen molar-refractivity contribution in [2.75, 3.05) is 14.1 Å². The van der Waals surface area contributed by atoms with Crippen molar-refractivity contribution in [1.82, 2.24) is 4.90 Å². The van der Waals surface area contributed by atoms with E-state index in [1.807, 2.05) is 12.1 Å². The summed E-state index contributed by atoms with van der Waals surface area (Å²) in [5.41, 5.74) is 2.42. The molecule has 0 fully saturated rings. The average molecular weight is 397 g/mol. The number of aryl methyl sites for hydroxylation is 1. The Bertz CT molecular complexity index is 766. The minimum absolute atomic E-state index is 0. The Balaban J connectivity index is 0.00000243. The maximum absolute atomic E-state index is 10.8. The number of nitro benzene ring substituents is 1. The van der Waals surface area contributed by atoms with Crippen molar-refractivity contribution in [3.8, 4) is 5.75 Å². The molecule has 3 rings (SSSR count). The van der Waals surface area contributed by atoms with Crippen LogP contribution in [0.5, 0.6) is 5.75 Å². The molecule has 26 heavy (non-hydrogen) atoms. The zero-order valence-electron chi connectivity index (χ0n) is 14.7. The highest BCUT2D eigenvalue weighted by molar-refractivity contribution is 6.30. The van der Waals surface area contributed by atoms with E-state index in [0.717, 1.165) is 24.8 Å². The van der Waals surface area contributed by atoms with E-state index in [4.69, 9.17) is 16.3 Å². The van der Waals surface area contributed by atoms with Gasteiger partial charge in [0.2, 0.25) is 0 Å². The van der Waals surface area contributed by atoms with Gasteiger partial charge >= 0.3 is 0 Å². The molecule has 1 aliphatic carbocycles. The Morgan fingerprint density at radius 3 is 2.50 bits per heavy atom. The molecular weight excluding hydrogens is 375 g/mol. The van der Waals surface area contributed by atoms with Crippen LogP contribution >= 0.6 is 24.0 Å². The van der Waals surface area contributed by atoms with Gasteiger partial charge < -0.3 is 9.64 Å². The maximum Gasteiger partial charge on any atom is 0.269 e. The minimum Gasteiger partial charge on any atom is -0.486 e. The van der Waals surface area contributed by atoms with E-state index in [1.165, 1.54) is 17.7 Å². The molecule has 0 aromatic heterocycles. The second kappa shape index (κ2) is 8.71. The van der Waals surface area contributed by atoms with Crippen LogP contribution in [0, 0.1) is 10.1 Å². The van der Waals surface area contributed by atoms with E-state index in [1.54, 1.807) is 12.1 Å². The first-order valence-corrected chi connectivity index (χ1v) is 8.67. The van der Waals surface area contributed by atoms with Gasteiger partial charge in [0.1, 0.15) is 11.9 Å². The summed E-state index contributed by atoms with van der Waals surface area (Å²) in [7, 11) is 4.16. The number of nitro groups is 1. The first-order valence-electron chi connectivity index (χ1n) is 8.30. The van der Waals surface area contributed by atoms with Crippen LogP contribution in [-0.4, -0.2) is 30.0 Å². The van der Waals surface area contributed by atoms with Crippen LogP contribution in [0.4, 0.5) is 5.69 Å². The lowest BCUT2D eigenvalue weighted by Crippen LogP contribution is -2.30. The van der Waals surface area contributed by atoms with Gasteiger partial charge in [-0.1, -0.05) is 17.7 Å². The molecule has 0 saturated heterocycles. The maximum atomic E-state index is 10.8. The second-order valence-electron chi connectivity index (χ2n) is 6.59. The van der Waals surface area contributed by atoms with Crippen LogP contribution < -0.4 is 4.74 Å². The Labute approximate surface area is 164 Å². The SMILES string of the molecule is CN(C)C1CCc2ccc(Cl)cc2C(Oc2ccc([N+](=O)[O-])cc2)C1.Cl. The third-order valence-corrected chi connectivity index (χ3v) is 4.98. The summed E-state index contributed by atoms with van der Waals surface area (Å²) in [4.78, 5) is 12.6. The number of non-ortho nitro benzene ring substituents is 1. The van der Waals surface area contributed by atoms with E-state index in [9.17, 15) is 10.1 Å². The van der Waals surface area contributed by atoms with Crippen LogP contribution in [0.15, 0.2) is 42.5 Å². The van der Waals surface area contributed by atoms with Crippen molar-refractivity contribution < 1.29 is 9.66 Å². The molecule has 2 atom stereocenters. The summed E-state index contributed by atoms with van der Waals surface area (Å²) in [5.74, 6) is 0.626. The van der Waals surface area contributed by atoms with Crippen LogP contribution in [0.1, 0.15) is 30.1 Å². The highest BCUT2D eigenvalue weighted by Crippen LogP contribution is 2.35. The molecule has 2 unspecified atom stereocenters. The van der Waals surface area contributed by atoms with Gasteiger partial charge in [0.15, 0.2) is 0 Å². The monoisotopic (exact) mass is 396 g/mol. The van der Waals surface area contributed by atoms with Gasteiger partial charge in [-0.15, -0.1) is 12.4 Å². The van der Waals surface area contributed by atoms with E-state index >= 15 is 0 Å². The van der Waals surface area contributed by atoms with Gasteiger partial charge in [0.05, 0.1) is 4.92 Å². The van der Waals surface area contributed by atoms with Gasteiger partial charge in [-0.25, -0.2) is 0 Å². The largest absolute Gasteiger partial charge is 0.486 e. The number of benzene rings is 2. The predicted octanol–water partition coefficient (Wildman–Crippen LogP) is 5.06. The van der Waals surface area contributed by atoms with Crippen LogP contribution in [0.2, 0.25) is 5.02 Å². The first-order chi connectivity index (χ1) is 11.9. The molecular formula is C19H22Cl2N2O3. The molecule has 0 saturated carbocycles. The molecule has 7 heteroatoms. The van der Waals surface area contributed by atoms with Gasteiger partial charge in [0, 0.05) is 29.6 Å². The molecule has 2 aromatic carbocycles. The summed E-state index contributed by atoms with van der Waals surface area (Å²) in [5, 5.41) is 11.5. The summed E-state index contributed by atoms with van der Waals surface area (Å²) < 4.78 is 6.22. The van der Waals surface area contributed by atoms with Crippen LogP contribution in [0.3, 0.4) is 0 Å². The summed E-state index contributed by atoms with van der Waals surface area (Å²) >= 11 is 6.21. The highest BCUT2D eigenvalue weighted by Gasteiger charge is 2.27. The lowest BCUT2D eigenvalue weighted by molar-refractivity contribution is -0.384. The van der Waals surface area contributed by atoms with Crippen molar-refractivity contribution in [2.45, 2.75) is 31.4 Å². The van der Waals surface area contributed by atoms with Crippen molar-refractivity contribution in [1.29, 1.82) is 0 Å². The van der Waals surface area contributed by atoms with E-state index in [-0.39, 0.29) is 24.2 Å². The van der Waals surface area contributed by atoms with Crippen molar-refractivity contribution in [3.05, 3.63) is 68.7 Å². The quantitative estimate of drug-likeness (QED) is 0.411. The topological polar surface area (TPSA) is 55.6 Å². The molecule has 0 N–H and O–H groups in total. The number of ether oxygens (including phenoxy) is 1. The lowest BCUT2D eigenvalue weighted by atomic mass is 10.0. The standard InChI is InChI=1S/C19H21ClN2O3.ClH/c1-21(2)16-6-4-13-3-5-14(20)11-18(13)19(12-16)25-17-9-7-15(8-10-17)22(23)24;/h3,5,7-11,16,19H,4,6,12H2,1-2H3;1H. The average Bonchev–Trinajstić information content (AvgIpc) is 2.75. The Morgan fingerprint density at radius 1 is 1.19 bits per heavy atom. The van der Waals surface area contributed by atoms with Gasteiger partial charge in [-0.05, 0) is 62.3 Å². The third-order valence-electron chi connectivity index (χ3n) is 4.74. The molecule has 0 spiro atoms. The summed E-state index contributed by atoms with van der Waals surface area (Å²) in [6.45, 7) is 0. The number of hydrogen-bond donors (Lipinski definition) is 0. The molecule has 0 bridgehead atoms. The van der Waals surface area contributed by atoms with Gasteiger partial charge in [0.25, 0.3) is 5.69 Å². The van der Waals surface area contributed by atoms with Crippen molar-refractivity contribution in [3.63, 3.8) is 0 Å². The molecule has 0 heterocycles. The first kappa shape index (κ1) is 20.5. The van der Waals surface area contributed by atoms with E-state index < -0.39 is 4.92 Å². The van der Waals surface area contributed by atoms with Crippen molar-refractivity contribution >= 4 is 29.7 Å². The number of fused-ring (bicyclic) bond motifs is 1. The molecule has 1 aliphatic rings. The number of rotatable bonds is 4. The van der Waals surface area contributed by atoms with E-state index in [0.29, 0.717) is 16.8 Å². The molecule has 0 aliphatic heterocycles. The zero-order chi connectivity index (χ0) is 18.0. The van der Waals surface area contributed by atoms with Crippen LogP contribution in [-0.2, 0) is 6.42 Å². The van der Waals surface area contributed by atoms with Gasteiger partial charge in [-0.3, -0.25) is 10.1 Å². The highest BCUT2D eigenvalue weighted by atomic mass is 35.5. The van der Waals surface area contributed by atoms with Gasteiger partial charge in [-0.2, -0.15) is 0 Å². The number of nitrogens with zero attached hydrogens (tertiary/aromatic N) is 2. The third kappa shape index (κ3) is 4.67. The van der Waals surface area contributed by atoms with Crippen LogP contribution in [0.25, 0.3) is 0 Å². The number of hydrogen-bond acceptors (Lipinski definition) is 4. The fourth-order valence-corrected chi connectivity index (χ4v) is 3.48. The molecule has 0 amide bonds. The second-order valence-corrected chi connectivity index (χ2v) is 7.03. The van der Waals surface area contributed by atoms with E-state index in [2.05, 4.69) is 25.1 Å².